The fourth-order valence-electron chi connectivity index (χ4n) is 4.86. The van der Waals surface area contributed by atoms with E-state index < -0.39 is 0 Å². The zero-order valence-corrected chi connectivity index (χ0v) is 17.7. The van der Waals surface area contributed by atoms with Crippen molar-refractivity contribution in [1.29, 1.82) is 0 Å². The second kappa shape index (κ2) is 10.1. The van der Waals surface area contributed by atoms with Crippen LogP contribution in [0.15, 0.2) is 24.3 Å². The van der Waals surface area contributed by atoms with Crippen LogP contribution in [0.25, 0.3) is 0 Å². The SMILES string of the molecule is CCCC1CCN(C(=O)c2ccccc2C(=O)N2CCC(CCC)CC2)CC1. The fraction of sp³-hybridized carbons (Fsp3) is 0.667. The predicted octanol–water partition coefficient (Wildman–Crippen LogP) is 4.99. The van der Waals surface area contributed by atoms with Gasteiger partial charge < -0.3 is 9.80 Å². The first-order chi connectivity index (χ1) is 13.6. The van der Waals surface area contributed by atoms with Crippen LogP contribution in [0.5, 0.6) is 0 Å². The van der Waals surface area contributed by atoms with Gasteiger partial charge in [-0.25, -0.2) is 0 Å². The second-order valence-electron chi connectivity index (χ2n) is 8.59. The molecule has 4 heteroatoms. The number of nitrogens with zero attached hydrogens (tertiary/aromatic N) is 2. The molecule has 0 radical (unpaired) electrons. The summed E-state index contributed by atoms with van der Waals surface area (Å²) in [5.41, 5.74) is 1.16. The topological polar surface area (TPSA) is 40.6 Å². The molecule has 0 atom stereocenters. The van der Waals surface area contributed by atoms with E-state index in [4.69, 9.17) is 0 Å². The molecule has 0 unspecified atom stereocenters. The van der Waals surface area contributed by atoms with Gasteiger partial charge >= 0.3 is 0 Å². The van der Waals surface area contributed by atoms with Crippen molar-refractivity contribution in [2.45, 2.75) is 65.2 Å². The third-order valence-corrected chi connectivity index (χ3v) is 6.59. The van der Waals surface area contributed by atoms with Crippen LogP contribution in [-0.2, 0) is 0 Å². The smallest absolute Gasteiger partial charge is 0.254 e. The lowest BCUT2D eigenvalue weighted by Gasteiger charge is -2.34. The van der Waals surface area contributed by atoms with E-state index in [1.54, 1.807) is 0 Å². The molecule has 1 aromatic rings. The molecule has 2 fully saturated rings. The molecule has 0 bridgehead atoms. The number of amides is 2. The van der Waals surface area contributed by atoms with Crippen LogP contribution in [0.2, 0.25) is 0 Å². The number of piperidine rings is 2. The Kier molecular flexibility index (Phi) is 7.52. The maximum atomic E-state index is 13.2. The molecule has 154 valence electrons. The lowest BCUT2D eigenvalue weighted by Crippen LogP contribution is -2.41. The molecule has 0 N–H and O–H groups in total. The molecule has 0 saturated carbocycles. The third kappa shape index (κ3) is 4.95. The second-order valence-corrected chi connectivity index (χ2v) is 8.59. The molecule has 0 spiro atoms. The summed E-state index contributed by atoms with van der Waals surface area (Å²) in [6, 6.07) is 7.41. The third-order valence-electron chi connectivity index (χ3n) is 6.59. The van der Waals surface area contributed by atoms with E-state index in [0.29, 0.717) is 11.1 Å². The van der Waals surface area contributed by atoms with Crippen LogP contribution in [-0.4, -0.2) is 47.8 Å². The first-order valence-electron chi connectivity index (χ1n) is 11.3. The van der Waals surface area contributed by atoms with Gasteiger partial charge in [0.25, 0.3) is 11.8 Å². The van der Waals surface area contributed by atoms with Crippen molar-refractivity contribution >= 4 is 11.8 Å². The summed E-state index contributed by atoms with van der Waals surface area (Å²) < 4.78 is 0. The quantitative estimate of drug-likeness (QED) is 0.693. The molecular weight excluding hydrogens is 348 g/mol. The molecule has 2 saturated heterocycles. The summed E-state index contributed by atoms with van der Waals surface area (Å²) >= 11 is 0. The monoisotopic (exact) mass is 384 g/mol. The number of carbonyl (C=O) groups is 2. The van der Waals surface area contributed by atoms with E-state index in [1.165, 1.54) is 25.7 Å². The van der Waals surface area contributed by atoms with Gasteiger partial charge in [0.1, 0.15) is 0 Å². The number of benzene rings is 1. The van der Waals surface area contributed by atoms with Crippen molar-refractivity contribution in [1.82, 2.24) is 9.80 Å². The molecule has 2 heterocycles. The largest absolute Gasteiger partial charge is 0.339 e. The Morgan fingerprint density at radius 1 is 0.750 bits per heavy atom. The van der Waals surface area contributed by atoms with Crippen LogP contribution in [0.4, 0.5) is 0 Å². The standard InChI is InChI=1S/C24H36N2O2/c1-3-7-19-11-15-25(16-12-19)23(27)21-9-5-6-10-22(21)24(28)26-17-13-20(8-4-2)14-18-26/h5-6,9-10,19-20H,3-4,7-8,11-18H2,1-2H3. The maximum Gasteiger partial charge on any atom is 0.254 e. The van der Waals surface area contributed by atoms with Crippen molar-refractivity contribution in [2.75, 3.05) is 26.2 Å². The van der Waals surface area contributed by atoms with E-state index in [9.17, 15) is 9.59 Å². The Morgan fingerprint density at radius 3 is 1.43 bits per heavy atom. The van der Waals surface area contributed by atoms with Crippen LogP contribution >= 0.6 is 0 Å². The van der Waals surface area contributed by atoms with Gasteiger partial charge in [0.05, 0.1) is 11.1 Å². The summed E-state index contributed by atoms with van der Waals surface area (Å²) in [6.07, 6.45) is 9.27. The lowest BCUT2D eigenvalue weighted by atomic mass is 9.91. The molecule has 28 heavy (non-hydrogen) atoms. The number of carbonyl (C=O) groups excluding carboxylic acids is 2. The molecule has 2 aliphatic rings. The van der Waals surface area contributed by atoms with Gasteiger partial charge in [-0.2, -0.15) is 0 Å². The summed E-state index contributed by atoms with van der Waals surface area (Å²) in [7, 11) is 0. The predicted molar refractivity (Wildman–Crippen MR) is 114 cm³/mol. The highest BCUT2D eigenvalue weighted by Gasteiger charge is 2.29. The molecule has 2 aliphatic heterocycles. The number of rotatable bonds is 6. The highest BCUT2D eigenvalue weighted by molar-refractivity contribution is 6.07. The number of hydrogen-bond donors (Lipinski definition) is 0. The van der Waals surface area contributed by atoms with E-state index in [2.05, 4.69) is 13.8 Å². The lowest BCUT2D eigenvalue weighted by molar-refractivity contribution is 0.0647. The van der Waals surface area contributed by atoms with Gasteiger partial charge in [0, 0.05) is 26.2 Å². The Labute approximate surface area is 170 Å². The van der Waals surface area contributed by atoms with E-state index in [1.807, 2.05) is 34.1 Å². The minimum absolute atomic E-state index is 0.0276. The van der Waals surface area contributed by atoms with Crippen molar-refractivity contribution < 1.29 is 9.59 Å². The Balaban J connectivity index is 1.66. The maximum absolute atomic E-state index is 13.2. The van der Waals surface area contributed by atoms with Gasteiger partial charge in [-0.05, 0) is 49.7 Å². The summed E-state index contributed by atoms with van der Waals surface area (Å²) in [5, 5.41) is 0. The molecular formula is C24H36N2O2. The first-order valence-corrected chi connectivity index (χ1v) is 11.3. The Bertz CT molecular complexity index is 599. The Morgan fingerprint density at radius 2 is 1.11 bits per heavy atom. The van der Waals surface area contributed by atoms with Crippen LogP contribution < -0.4 is 0 Å². The van der Waals surface area contributed by atoms with Crippen molar-refractivity contribution in [2.24, 2.45) is 11.8 Å². The number of hydrogen-bond acceptors (Lipinski definition) is 2. The molecule has 2 amide bonds. The highest BCUT2D eigenvalue weighted by Crippen LogP contribution is 2.26. The van der Waals surface area contributed by atoms with Crippen LogP contribution in [0.1, 0.15) is 85.9 Å². The van der Waals surface area contributed by atoms with Crippen molar-refractivity contribution in [3.8, 4) is 0 Å². The van der Waals surface area contributed by atoms with Gasteiger partial charge in [-0.3, -0.25) is 9.59 Å². The average Bonchev–Trinajstić information content (AvgIpc) is 2.74. The minimum Gasteiger partial charge on any atom is -0.339 e. The van der Waals surface area contributed by atoms with Crippen LogP contribution in [0.3, 0.4) is 0 Å². The average molecular weight is 385 g/mol. The summed E-state index contributed by atoms with van der Waals surface area (Å²) in [5.74, 6) is 1.55. The zero-order chi connectivity index (χ0) is 19.9. The van der Waals surface area contributed by atoms with Gasteiger partial charge in [-0.1, -0.05) is 51.7 Å². The zero-order valence-electron chi connectivity index (χ0n) is 17.7. The fourth-order valence-corrected chi connectivity index (χ4v) is 4.86. The molecule has 0 aliphatic carbocycles. The Hall–Kier alpha value is -1.84. The van der Waals surface area contributed by atoms with Gasteiger partial charge in [0.2, 0.25) is 0 Å². The van der Waals surface area contributed by atoms with E-state index in [0.717, 1.165) is 63.7 Å². The molecule has 0 aromatic heterocycles. The molecule has 3 rings (SSSR count). The number of likely N-dealkylation sites (tertiary alicyclic amines) is 2. The van der Waals surface area contributed by atoms with E-state index in [-0.39, 0.29) is 11.8 Å². The minimum atomic E-state index is 0.0276. The van der Waals surface area contributed by atoms with Gasteiger partial charge in [-0.15, -0.1) is 0 Å². The normalized spacial score (nSPS) is 19.1. The van der Waals surface area contributed by atoms with Crippen LogP contribution in [0, 0.1) is 11.8 Å². The van der Waals surface area contributed by atoms with Gasteiger partial charge in [0.15, 0.2) is 0 Å². The molecule has 1 aromatic carbocycles. The first kappa shape index (κ1) is 20.9. The van der Waals surface area contributed by atoms with Crippen molar-refractivity contribution in [3.63, 3.8) is 0 Å². The van der Waals surface area contributed by atoms with Crippen molar-refractivity contribution in [3.05, 3.63) is 35.4 Å². The summed E-state index contributed by atoms with van der Waals surface area (Å²) in [4.78, 5) is 30.2. The molecule has 4 nitrogen and oxygen atoms in total. The summed E-state index contributed by atoms with van der Waals surface area (Å²) in [6.45, 7) is 7.71. The van der Waals surface area contributed by atoms with E-state index >= 15 is 0 Å². The highest BCUT2D eigenvalue weighted by atomic mass is 16.2.